The van der Waals surface area contributed by atoms with Crippen LogP contribution in [-0.4, -0.2) is 62.6 Å². The van der Waals surface area contributed by atoms with E-state index in [9.17, 15) is 0 Å². The van der Waals surface area contributed by atoms with Crippen molar-refractivity contribution < 1.29 is 23.7 Å². The first-order valence-corrected chi connectivity index (χ1v) is 7.61. The summed E-state index contributed by atoms with van der Waals surface area (Å²) >= 11 is 0. The van der Waals surface area contributed by atoms with E-state index in [0.717, 1.165) is 49.3 Å². The van der Waals surface area contributed by atoms with Crippen molar-refractivity contribution in [2.75, 3.05) is 40.3 Å². The summed E-state index contributed by atoms with van der Waals surface area (Å²) in [6, 6.07) is 0. The van der Waals surface area contributed by atoms with Gasteiger partial charge in [-0.1, -0.05) is 0 Å². The van der Waals surface area contributed by atoms with Gasteiger partial charge in [0.2, 0.25) is 0 Å². The third kappa shape index (κ3) is 5.94. The minimum Gasteiger partial charge on any atom is -0.379 e. The van der Waals surface area contributed by atoms with Crippen molar-refractivity contribution in [3.05, 3.63) is 0 Å². The molecule has 1 rings (SSSR count). The molecule has 1 aliphatic rings. The van der Waals surface area contributed by atoms with Gasteiger partial charge in [-0.25, -0.2) is 0 Å². The van der Waals surface area contributed by atoms with E-state index in [0.29, 0.717) is 12.3 Å². The summed E-state index contributed by atoms with van der Waals surface area (Å²) in [7, 11) is 4.20. The topological polar surface area (TPSA) is 49.5 Å². The van der Waals surface area contributed by atoms with E-state index in [1.165, 1.54) is 0 Å². The third-order valence-electron chi connectivity index (χ3n) is 2.71. The van der Waals surface area contributed by atoms with Crippen molar-refractivity contribution in [2.45, 2.75) is 31.3 Å². The molecule has 1 fully saturated rings. The summed E-state index contributed by atoms with van der Waals surface area (Å²) in [6.07, 6.45) is 3.71. The second-order valence-corrected chi connectivity index (χ2v) is 4.59. The van der Waals surface area contributed by atoms with E-state index >= 15 is 0 Å². The van der Waals surface area contributed by atoms with Crippen LogP contribution in [0.15, 0.2) is 0 Å². The first-order valence-electron chi connectivity index (χ1n) is 6.20. The van der Waals surface area contributed by atoms with Gasteiger partial charge < -0.3 is 23.7 Å². The van der Waals surface area contributed by atoms with Gasteiger partial charge in [0, 0.05) is 43.7 Å². The van der Waals surface area contributed by atoms with Crippen LogP contribution in [0.1, 0.15) is 19.3 Å². The Bertz CT molecular complexity index is 194. The Kier molecular flexibility index (Phi) is 7.25. The van der Waals surface area contributed by atoms with Crippen molar-refractivity contribution in [1.82, 2.24) is 0 Å². The normalized spacial score (nSPS) is 19.8. The van der Waals surface area contributed by atoms with E-state index < -0.39 is 5.97 Å². The Hall–Kier alpha value is 0.0169. The number of unbranched alkanes of at least 4 members (excludes halogenated alkanes) is 1. The predicted molar refractivity (Wildman–Crippen MR) is 67.1 cm³/mol. The molecule has 1 aliphatic heterocycles. The van der Waals surface area contributed by atoms with Gasteiger partial charge in [-0.3, -0.25) is 0 Å². The van der Waals surface area contributed by atoms with E-state index in [2.05, 4.69) is 0 Å². The number of hydrogen-bond donors (Lipinski definition) is 0. The molecule has 1 heterocycles. The Balaban J connectivity index is 2.04. The number of epoxide rings is 1. The van der Waals surface area contributed by atoms with Crippen molar-refractivity contribution in [3.8, 4) is 0 Å². The Morgan fingerprint density at radius 1 is 1.29 bits per heavy atom. The zero-order valence-electron chi connectivity index (χ0n) is 11.1. The highest BCUT2D eigenvalue weighted by atomic mass is 28.1. The van der Waals surface area contributed by atoms with Crippen molar-refractivity contribution in [2.24, 2.45) is 0 Å². The molecular weight excluding hydrogens is 240 g/mol. The lowest BCUT2D eigenvalue weighted by Gasteiger charge is -2.29. The lowest BCUT2D eigenvalue weighted by molar-refractivity contribution is -0.359. The highest BCUT2D eigenvalue weighted by Gasteiger charge is 2.29. The zero-order valence-corrected chi connectivity index (χ0v) is 13.1. The minimum atomic E-state index is -0.860. The molecule has 0 saturated carbocycles. The van der Waals surface area contributed by atoms with Crippen LogP contribution < -0.4 is 0 Å². The van der Waals surface area contributed by atoms with Gasteiger partial charge in [0.1, 0.15) is 6.10 Å². The Morgan fingerprint density at radius 3 is 2.53 bits per heavy atom. The summed E-state index contributed by atoms with van der Waals surface area (Å²) < 4.78 is 26.7. The van der Waals surface area contributed by atoms with E-state index in [1.807, 2.05) is 0 Å². The maximum atomic E-state index is 5.54. The summed E-state index contributed by atoms with van der Waals surface area (Å²) in [5.41, 5.74) is 0. The molecule has 0 bridgehead atoms. The summed E-state index contributed by atoms with van der Waals surface area (Å²) in [5.74, 6) is -0.860. The molecule has 1 unspecified atom stereocenters. The molecule has 0 aromatic carbocycles. The maximum Gasteiger partial charge on any atom is 0.282 e. The van der Waals surface area contributed by atoms with Gasteiger partial charge in [0.25, 0.3) is 5.97 Å². The summed E-state index contributed by atoms with van der Waals surface area (Å²) in [4.78, 5) is 0. The second kappa shape index (κ2) is 8.18. The van der Waals surface area contributed by atoms with Crippen LogP contribution in [0.2, 0.25) is 0 Å². The van der Waals surface area contributed by atoms with Crippen molar-refractivity contribution in [1.29, 1.82) is 0 Å². The number of hydrogen-bond acceptors (Lipinski definition) is 5. The lowest BCUT2D eigenvalue weighted by Crippen LogP contribution is -2.37. The van der Waals surface area contributed by atoms with Crippen LogP contribution in [0, 0.1) is 0 Å². The molecular formula is C11H24O5Si. The standard InChI is InChI=1S/C11H24O5Si/c1-12-11(13-2,16-9-17)5-3-4-6-14-7-10-8-15-10/h10H,3-9H2,1-2,17H3. The van der Waals surface area contributed by atoms with Crippen molar-refractivity contribution >= 4 is 10.2 Å². The van der Waals surface area contributed by atoms with Crippen LogP contribution in [0.25, 0.3) is 0 Å². The molecule has 0 aromatic rings. The predicted octanol–water partition coefficient (Wildman–Crippen LogP) is -0.142. The van der Waals surface area contributed by atoms with E-state index in [-0.39, 0.29) is 0 Å². The fraction of sp³-hybridized carbons (Fsp3) is 1.00. The average Bonchev–Trinajstić information content (AvgIpc) is 3.16. The largest absolute Gasteiger partial charge is 0.379 e. The SMILES string of the molecule is COC(CCCCOCC1CO1)(OC)OC[SiH3]. The highest BCUT2D eigenvalue weighted by molar-refractivity contribution is 6.08. The first kappa shape index (κ1) is 15.1. The zero-order chi connectivity index (χ0) is 12.6. The fourth-order valence-electron chi connectivity index (χ4n) is 1.62. The third-order valence-corrected chi connectivity index (χ3v) is 3.00. The first-order chi connectivity index (χ1) is 8.26. The number of rotatable bonds is 11. The lowest BCUT2D eigenvalue weighted by atomic mass is 10.2. The van der Waals surface area contributed by atoms with Crippen molar-refractivity contribution in [3.63, 3.8) is 0 Å². The van der Waals surface area contributed by atoms with E-state index in [1.54, 1.807) is 14.2 Å². The maximum absolute atomic E-state index is 5.54. The average molecular weight is 264 g/mol. The van der Waals surface area contributed by atoms with Crippen LogP contribution in [0.4, 0.5) is 0 Å². The molecule has 17 heavy (non-hydrogen) atoms. The Morgan fingerprint density at radius 2 is 2.00 bits per heavy atom. The molecule has 1 saturated heterocycles. The molecule has 5 nitrogen and oxygen atoms in total. The number of ether oxygens (including phenoxy) is 5. The summed E-state index contributed by atoms with van der Waals surface area (Å²) in [5, 5.41) is 0. The molecule has 1 atom stereocenters. The van der Waals surface area contributed by atoms with Crippen LogP contribution in [-0.2, 0) is 23.7 Å². The molecule has 102 valence electrons. The highest BCUT2D eigenvalue weighted by Crippen LogP contribution is 2.20. The second-order valence-electron chi connectivity index (χ2n) is 4.01. The Labute approximate surface area is 106 Å². The molecule has 0 aliphatic carbocycles. The smallest absolute Gasteiger partial charge is 0.282 e. The molecule has 0 aromatic heterocycles. The fourth-order valence-corrected chi connectivity index (χ4v) is 2.06. The monoisotopic (exact) mass is 264 g/mol. The van der Waals surface area contributed by atoms with E-state index in [4.69, 9.17) is 23.7 Å². The van der Waals surface area contributed by atoms with Crippen LogP contribution in [0.5, 0.6) is 0 Å². The molecule has 0 radical (unpaired) electrons. The molecule has 0 N–H and O–H groups in total. The van der Waals surface area contributed by atoms with Gasteiger partial charge in [-0.2, -0.15) is 0 Å². The molecule has 0 amide bonds. The van der Waals surface area contributed by atoms with Gasteiger partial charge in [0.15, 0.2) is 0 Å². The number of methoxy groups -OCH3 is 2. The van der Waals surface area contributed by atoms with Gasteiger partial charge in [-0.05, 0) is 12.8 Å². The van der Waals surface area contributed by atoms with Gasteiger partial charge >= 0.3 is 0 Å². The quantitative estimate of drug-likeness (QED) is 0.225. The minimum absolute atomic E-state index is 0.348. The van der Waals surface area contributed by atoms with Gasteiger partial charge in [0.05, 0.1) is 13.2 Å². The molecule has 6 heteroatoms. The molecule has 0 spiro atoms. The summed E-state index contributed by atoms with van der Waals surface area (Å²) in [6.45, 7) is 2.33. The van der Waals surface area contributed by atoms with Crippen LogP contribution in [0.3, 0.4) is 0 Å². The van der Waals surface area contributed by atoms with Crippen LogP contribution >= 0.6 is 0 Å². The van der Waals surface area contributed by atoms with Gasteiger partial charge in [-0.15, -0.1) is 0 Å².